The van der Waals surface area contributed by atoms with Crippen LogP contribution in [0.4, 0.5) is 4.79 Å². The third kappa shape index (κ3) is 3.66. The third-order valence-electron chi connectivity index (χ3n) is 1.52. The van der Waals surface area contributed by atoms with E-state index in [4.69, 9.17) is 5.73 Å². The maximum absolute atomic E-state index is 10.3. The number of urea groups is 1. The lowest BCUT2D eigenvalue weighted by molar-refractivity contribution is 0.249. The third-order valence-corrected chi connectivity index (χ3v) is 1.52. The molecule has 0 fully saturated rings. The molecular weight excluding hydrogens is 180 g/mol. The molecule has 0 aliphatic heterocycles. The molecule has 0 radical (unpaired) electrons. The van der Waals surface area contributed by atoms with Crippen molar-refractivity contribution in [2.75, 3.05) is 0 Å². The molecule has 0 saturated carbocycles. The number of aromatic nitrogens is 1. The topological polar surface area (TPSA) is 80.4 Å². The summed E-state index contributed by atoms with van der Waals surface area (Å²) in [7, 11) is 0. The van der Waals surface area contributed by atoms with Crippen molar-refractivity contribution in [1.82, 2.24) is 10.4 Å². The Balaban J connectivity index is 2.53. The van der Waals surface area contributed by atoms with Crippen LogP contribution in [0.25, 0.3) is 0 Å². The Morgan fingerprint density at radius 2 is 2.43 bits per heavy atom. The number of hydrogen-bond acceptors (Lipinski definition) is 3. The maximum atomic E-state index is 10.3. The van der Waals surface area contributed by atoms with Gasteiger partial charge in [-0.15, -0.1) is 0 Å². The summed E-state index contributed by atoms with van der Waals surface area (Å²) in [5.74, 6) is 0. The van der Waals surface area contributed by atoms with Crippen LogP contribution in [0, 0.1) is 0 Å². The van der Waals surface area contributed by atoms with Gasteiger partial charge in [0.25, 0.3) is 0 Å². The first-order valence-electron chi connectivity index (χ1n) is 4.17. The number of primary amides is 1. The molecule has 74 valence electrons. The Morgan fingerprint density at radius 1 is 1.64 bits per heavy atom. The lowest BCUT2D eigenvalue weighted by atomic mass is 10.2. The highest BCUT2D eigenvalue weighted by molar-refractivity contribution is 5.85. The van der Waals surface area contributed by atoms with Gasteiger partial charge in [0.15, 0.2) is 0 Å². The minimum atomic E-state index is -0.662. The lowest BCUT2D eigenvalue weighted by Crippen LogP contribution is -2.25. The van der Waals surface area contributed by atoms with Gasteiger partial charge in [0.1, 0.15) is 0 Å². The van der Waals surface area contributed by atoms with Crippen LogP contribution in [0.15, 0.2) is 29.5 Å². The van der Waals surface area contributed by atoms with E-state index >= 15 is 0 Å². The largest absolute Gasteiger partial charge is 0.350 e. The second kappa shape index (κ2) is 4.96. The molecule has 0 spiro atoms. The van der Waals surface area contributed by atoms with Gasteiger partial charge in [-0.25, -0.2) is 10.2 Å². The Morgan fingerprint density at radius 3 is 3.00 bits per heavy atom. The fraction of sp³-hybridized carbons (Fsp3) is 0.222. The summed E-state index contributed by atoms with van der Waals surface area (Å²) in [6.07, 6.45) is 2.31. The van der Waals surface area contributed by atoms with Gasteiger partial charge in [-0.05, 0) is 19.1 Å². The zero-order valence-electron chi connectivity index (χ0n) is 7.90. The van der Waals surface area contributed by atoms with Crippen molar-refractivity contribution in [1.29, 1.82) is 0 Å². The number of amides is 2. The van der Waals surface area contributed by atoms with E-state index < -0.39 is 6.03 Å². The number of nitrogens with one attached hydrogen (secondary N) is 1. The number of pyridine rings is 1. The van der Waals surface area contributed by atoms with Crippen molar-refractivity contribution in [3.05, 3.63) is 30.1 Å². The predicted molar refractivity (Wildman–Crippen MR) is 53.8 cm³/mol. The van der Waals surface area contributed by atoms with Crippen LogP contribution in [0.1, 0.15) is 12.6 Å². The Bertz CT molecular complexity index is 334. The predicted octanol–water partition coefficient (Wildman–Crippen LogP) is 0.668. The van der Waals surface area contributed by atoms with E-state index in [-0.39, 0.29) is 0 Å². The normalized spacial score (nSPS) is 11.1. The molecule has 1 aromatic rings. The smallest absolute Gasteiger partial charge is 0.332 e. The quantitative estimate of drug-likeness (QED) is 0.545. The SMILES string of the molecule is CC(Cc1ccccn1)=NNC(N)=O. The van der Waals surface area contributed by atoms with Crippen molar-refractivity contribution in [2.45, 2.75) is 13.3 Å². The fourth-order valence-corrected chi connectivity index (χ4v) is 0.955. The Kier molecular flexibility index (Phi) is 3.60. The number of hydrogen-bond donors (Lipinski definition) is 2. The molecule has 0 atom stereocenters. The average Bonchev–Trinajstić information content (AvgIpc) is 2.16. The summed E-state index contributed by atoms with van der Waals surface area (Å²) >= 11 is 0. The molecule has 3 N–H and O–H groups in total. The van der Waals surface area contributed by atoms with Gasteiger partial charge in [0.2, 0.25) is 0 Å². The summed E-state index contributed by atoms with van der Waals surface area (Å²) in [4.78, 5) is 14.5. The molecule has 5 nitrogen and oxygen atoms in total. The van der Waals surface area contributed by atoms with Crippen LogP contribution in [-0.2, 0) is 6.42 Å². The van der Waals surface area contributed by atoms with Crippen molar-refractivity contribution >= 4 is 11.7 Å². The molecule has 1 rings (SSSR count). The summed E-state index contributed by atoms with van der Waals surface area (Å²) < 4.78 is 0. The van der Waals surface area contributed by atoms with Crippen molar-refractivity contribution in [2.24, 2.45) is 10.8 Å². The molecule has 0 aromatic carbocycles. The lowest BCUT2D eigenvalue weighted by Gasteiger charge is -1.99. The van der Waals surface area contributed by atoms with Gasteiger partial charge >= 0.3 is 6.03 Å². The second-order valence-electron chi connectivity index (χ2n) is 2.82. The van der Waals surface area contributed by atoms with Crippen LogP contribution in [0.5, 0.6) is 0 Å². The van der Waals surface area contributed by atoms with Crippen LogP contribution >= 0.6 is 0 Å². The summed E-state index contributed by atoms with van der Waals surface area (Å²) in [6, 6.07) is 4.98. The van der Waals surface area contributed by atoms with E-state index in [1.807, 2.05) is 18.2 Å². The molecule has 1 aromatic heterocycles. The molecule has 0 saturated heterocycles. The minimum absolute atomic E-state index is 0.598. The van der Waals surface area contributed by atoms with Gasteiger partial charge in [-0.1, -0.05) is 6.07 Å². The van der Waals surface area contributed by atoms with Crippen LogP contribution in [-0.4, -0.2) is 16.7 Å². The molecule has 2 amide bonds. The fourth-order valence-electron chi connectivity index (χ4n) is 0.955. The van der Waals surface area contributed by atoms with Crippen LogP contribution in [0.3, 0.4) is 0 Å². The number of hydrazone groups is 1. The first kappa shape index (κ1) is 10.2. The van der Waals surface area contributed by atoms with E-state index in [9.17, 15) is 4.79 Å². The number of rotatable bonds is 3. The van der Waals surface area contributed by atoms with E-state index in [0.717, 1.165) is 11.4 Å². The van der Waals surface area contributed by atoms with E-state index in [1.165, 1.54) is 0 Å². The second-order valence-corrected chi connectivity index (χ2v) is 2.82. The monoisotopic (exact) mass is 192 g/mol. The maximum Gasteiger partial charge on any atom is 0.332 e. The molecule has 1 heterocycles. The van der Waals surface area contributed by atoms with Crippen LogP contribution < -0.4 is 11.2 Å². The highest BCUT2D eigenvalue weighted by atomic mass is 16.2. The first-order valence-corrected chi connectivity index (χ1v) is 4.17. The van der Waals surface area contributed by atoms with Crippen LogP contribution in [0.2, 0.25) is 0 Å². The molecule has 0 bridgehead atoms. The molecular formula is C9H12N4O. The van der Waals surface area contributed by atoms with Gasteiger partial charge < -0.3 is 5.73 Å². The number of nitrogens with zero attached hydrogens (tertiary/aromatic N) is 2. The average molecular weight is 192 g/mol. The Hall–Kier alpha value is -1.91. The zero-order valence-corrected chi connectivity index (χ0v) is 7.90. The van der Waals surface area contributed by atoms with Crippen molar-refractivity contribution in [3.63, 3.8) is 0 Å². The van der Waals surface area contributed by atoms with Crippen molar-refractivity contribution < 1.29 is 4.79 Å². The van der Waals surface area contributed by atoms with Gasteiger partial charge in [-0.2, -0.15) is 5.10 Å². The van der Waals surface area contributed by atoms with Crippen molar-refractivity contribution in [3.8, 4) is 0 Å². The zero-order chi connectivity index (χ0) is 10.4. The van der Waals surface area contributed by atoms with Gasteiger partial charge in [0, 0.05) is 24.0 Å². The molecule has 0 aliphatic carbocycles. The summed E-state index contributed by atoms with van der Waals surface area (Å²) in [5.41, 5.74) is 8.68. The van der Waals surface area contributed by atoms with E-state index in [2.05, 4.69) is 15.5 Å². The minimum Gasteiger partial charge on any atom is -0.350 e. The number of nitrogens with two attached hydrogens (primary N) is 1. The molecule has 14 heavy (non-hydrogen) atoms. The van der Waals surface area contributed by atoms with E-state index in [0.29, 0.717) is 6.42 Å². The summed E-state index contributed by atoms with van der Waals surface area (Å²) in [6.45, 7) is 1.80. The standard InChI is InChI=1S/C9H12N4O/c1-7(12-13-9(10)14)6-8-4-2-3-5-11-8/h2-5H,6H2,1H3,(H3,10,13,14). The first-order chi connectivity index (χ1) is 6.68. The highest BCUT2D eigenvalue weighted by Crippen LogP contribution is 1.95. The molecule has 0 aliphatic rings. The summed E-state index contributed by atoms with van der Waals surface area (Å²) in [5, 5.41) is 3.77. The number of carbonyl (C=O) groups is 1. The molecule has 0 unspecified atom stereocenters. The molecule has 5 heteroatoms. The van der Waals surface area contributed by atoms with E-state index in [1.54, 1.807) is 13.1 Å². The van der Waals surface area contributed by atoms with Gasteiger partial charge in [0.05, 0.1) is 0 Å². The Labute approximate surface area is 82.0 Å². The van der Waals surface area contributed by atoms with Gasteiger partial charge in [-0.3, -0.25) is 4.98 Å². The number of carbonyl (C=O) groups excluding carboxylic acids is 1. The highest BCUT2D eigenvalue weighted by Gasteiger charge is 1.96.